The molecule has 0 bridgehead atoms. The van der Waals surface area contributed by atoms with E-state index < -0.39 is 0 Å². The van der Waals surface area contributed by atoms with Crippen molar-refractivity contribution in [2.45, 2.75) is 6.54 Å². The Morgan fingerprint density at radius 1 is 0.963 bits per heavy atom. The molecule has 3 heterocycles. The Kier molecular flexibility index (Phi) is 5.29. The van der Waals surface area contributed by atoms with Crippen molar-refractivity contribution in [1.82, 2.24) is 20.4 Å². The largest absolute Gasteiger partial charge is 0.352 e. The van der Waals surface area contributed by atoms with Crippen molar-refractivity contribution in [3.8, 4) is 10.6 Å². The molecule has 0 radical (unpaired) electrons. The second kappa shape index (κ2) is 8.18. The molecule has 0 saturated carbocycles. The zero-order valence-corrected chi connectivity index (χ0v) is 15.7. The number of hydrogen-bond acceptors (Lipinski definition) is 5. The van der Waals surface area contributed by atoms with Crippen LogP contribution >= 0.6 is 11.3 Å². The van der Waals surface area contributed by atoms with Gasteiger partial charge < -0.3 is 15.1 Å². The highest BCUT2D eigenvalue weighted by Gasteiger charge is 2.22. The van der Waals surface area contributed by atoms with Crippen molar-refractivity contribution in [3.05, 3.63) is 65.5 Å². The molecule has 27 heavy (non-hydrogen) atoms. The lowest BCUT2D eigenvalue weighted by Crippen LogP contribution is -2.51. The van der Waals surface area contributed by atoms with Crippen molar-refractivity contribution in [3.63, 3.8) is 0 Å². The molecule has 1 N–H and O–H groups in total. The van der Waals surface area contributed by atoms with E-state index in [9.17, 15) is 4.79 Å². The first-order valence-corrected chi connectivity index (χ1v) is 9.87. The first-order valence-electron chi connectivity index (χ1n) is 8.99. The molecule has 6 nitrogen and oxygen atoms in total. The monoisotopic (exact) mass is 379 g/mol. The van der Waals surface area contributed by atoms with E-state index in [4.69, 9.17) is 0 Å². The highest BCUT2D eigenvalue weighted by molar-refractivity contribution is 7.13. The number of piperazine rings is 1. The van der Waals surface area contributed by atoms with Crippen LogP contribution in [0, 0.1) is 0 Å². The normalized spacial score (nSPS) is 14.2. The van der Waals surface area contributed by atoms with Crippen molar-refractivity contribution in [2.75, 3.05) is 31.1 Å². The summed E-state index contributed by atoms with van der Waals surface area (Å²) < 4.78 is 0. The first kappa shape index (κ1) is 17.5. The Balaban J connectivity index is 1.29. The lowest BCUT2D eigenvalue weighted by Gasteiger charge is -2.35. The average Bonchev–Trinajstić information content (AvgIpc) is 3.28. The van der Waals surface area contributed by atoms with E-state index in [-0.39, 0.29) is 6.03 Å². The van der Waals surface area contributed by atoms with Gasteiger partial charge in [-0.1, -0.05) is 36.4 Å². The molecule has 0 atom stereocenters. The maximum absolute atomic E-state index is 12.4. The number of anilines is 1. The fraction of sp³-hybridized carbons (Fsp3) is 0.250. The van der Waals surface area contributed by atoms with Crippen LogP contribution in [0.15, 0.2) is 60.0 Å². The summed E-state index contributed by atoms with van der Waals surface area (Å²) in [4.78, 5) is 17.5. The summed E-state index contributed by atoms with van der Waals surface area (Å²) in [5.41, 5.74) is 2.00. The van der Waals surface area contributed by atoms with Gasteiger partial charge in [0, 0.05) is 32.7 Å². The third-order valence-corrected chi connectivity index (χ3v) is 5.49. The lowest BCUT2D eigenvalue weighted by atomic mass is 10.2. The summed E-state index contributed by atoms with van der Waals surface area (Å²) in [6.45, 7) is 3.41. The van der Waals surface area contributed by atoms with Crippen molar-refractivity contribution in [1.29, 1.82) is 0 Å². The SMILES string of the molecule is O=C(NCc1ccccc1)N1CCN(c2ccc(-c3cccs3)nn2)CC1. The van der Waals surface area contributed by atoms with Gasteiger partial charge >= 0.3 is 6.03 Å². The summed E-state index contributed by atoms with van der Waals surface area (Å²) in [5.74, 6) is 0.861. The number of aromatic nitrogens is 2. The predicted octanol–water partition coefficient (Wildman–Crippen LogP) is 3.24. The van der Waals surface area contributed by atoms with Gasteiger partial charge in [-0.05, 0) is 29.1 Å². The molecule has 0 unspecified atom stereocenters. The summed E-state index contributed by atoms with van der Waals surface area (Å²) in [7, 11) is 0. The van der Waals surface area contributed by atoms with E-state index in [1.165, 1.54) is 0 Å². The van der Waals surface area contributed by atoms with Gasteiger partial charge in [0.1, 0.15) is 5.69 Å². The molecular weight excluding hydrogens is 358 g/mol. The van der Waals surface area contributed by atoms with Gasteiger partial charge in [-0.3, -0.25) is 0 Å². The van der Waals surface area contributed by atoms with E-state index in [1.807, 2.05) is 64.9 Å². The number of amides is 2. The number of hydrogen-bond donors (Lipinski definition) is 1. The third-order valence-electron chi connectivity index (χ3n) is 4.60. The number of carbonyl (C=O) groups excluding carboxylic acids is 1. The zero-order chi connectivity index (χ0) is 18.5. The topological polar surface area (TPSA) is 61.4 Å². The summed E-state index contributed by atoms with van der Waals surface area (Å²) in [6.07, 6.45) is 0. The summed E-state index contributed by atoms with van der Waals surface area (Å²) in [5, 5.41) is 13.7. The predicted molar refractivity (Wildman–Crippen MR) is 108 cm³/mol. The number of rotatable bonds is 4. The van der Waals surface area contributed by atoms with Gasteiger partial charge in [0.2, 0.25) is 0 Å². The Hall–Kier alpha value is -2.93. The zero-order valence-electron chi connectivity index (χ0n) is 14.9. The Morgan fingerprint density at radius 2 is 1.78 bits per heavy atom. The van der Waals surface area contributed by atoms with Crippen LogP contribution in [-0.2, 0) is 6.54 Å². The number of urea groups is 1. The number of nitrogens with zero attached hydrogens (tertiary/aromatic N) is 4. The highest BCUT2D eigenvalue weighted by Crippen LogP contribution is 2.23. The van der Waals surface area contributed by atoms with Crippen molar-refractivity contribution >= 4 is 23.2 Å². The fourth-order valence-electron chi connectivity index (χ4n) is 3.07. The van der Waals surface area contributed by atoms with Gasteiger partial charge in [-0.25, -0.2) is 4.79 Å². The third kappa shape index (κ3) is 4.25. The van der Waals surface area contributed by atoms with Crippen LogP contribution in [0.3, 0.4) is 0 Å². The maximum Gasteiger partial charge on any atom is 0.317 e. The minimum atomic E-state index is -0.0161. The molecule has 0 aliphatic carbocycles. The summed E-state index contributed by atoms with van der Waals surface area (Å²) in [6, 6.07) is 18.0. The van der Waals surface area contributed by atoms with Gasteiger partial charge in [-0.15, -0.1) is 21.5 Å². The molecular formula is C20H21N5OS. The molecule has 138 valence electrons. The molecule has 0 spiro atoms. The summed E-state index contributed by atoms with van der Waals surface area (Å²) >= 11 is 1.66. The van der Waals surface area contributed by atoms with Crippen LogP contribution in [0.25, 0.3) is 10.6 Å². The van der Waals surface area contributed by atoms with Crippen molar-refractivity contribution in [2.24, 2.45) is 0 Å². The maximum atomic E-state index is 12.4. The quantitative estimate of drug-likeness (QED) is 0.756. The molecule has 3 aromatic rings. The van der Waals surface area contributed by atoms with E-state index in [2.05, 4.69) is 20.4 Å². The molecule has 1 saturated heterocycles. The second-order valence-corrected chi connectivity index (χ2v) is 7.32. The van der Waals surface area contributed by atoms with Crippen LogP contribution in [-0.4, -0.2) is 47.3 Å². The molecule has 1 aliphatic rings. The smallest absolute Gasteiger partial charge is 0.317 e. The van der Waals surface area contributed by atoms with Crippen molar-refractivity contribution < 1.29 is 4.79 Å². The lowest BCUT2D eigenvalue weighted by molar-refractivity contribution is 0.194. The minimum Gasteiger partial charge on any atom is -0.352 e. The van der Waals surface area contributed by atoms with Crippen LogP contribution < -0.4 is 10.2 Å². The standard InChI is InChI=1S/C20H21N5OS/c26-20(21-15-16-5-2-1-3-6-16)25-12-10-24(11-13-25)19-9-8-17(22-23-19)18-7-4-14-27-18/h1-9,14H,10-13,15H2,(H,21,26). The number of nitrogens with one attached hydrogen (secondary N) is 1. The van der Waals surface area contributed by atoms with E-state index in [0.717, 1.165) is 35.0 Å². The minimum absolute atomic E-state index is 0.0161. The Bertz CT molecular complexity index is 859. The molecule has 1 aliphatic heterocycles. The second-order valence-electron chi connectivity index (χ2n) is 6.37. The fourth-order valence-corrected chi connectivity index (χ4v) is 3.76. The Labute approximate surface area is 162 Å². The number of thiophene rings is 1. The molecule has 1 fully saturated rings. The van der Waals surface area contributed by atoms with Crippen LogP contribution in [0.4, 0.5) is 10.6 Å². The molecule has 2 aromatic heterocycles. The molecule has 7 heteroatoms. The van der Waals surface area contributed by atoms with E-state index >= 15 is 0 Å². The number of benzene rings is 1. The van der Waals surface area contributed by atoms with Gasteiger partial charge in [0.05, 0.1) is 4.88 Å². The first-order chi connectivity index (χ1) is 13.3. The van der Waals surface area contributed by atoms with E-state index in [0.29, 0.717) is 19.6 Å². The van der Waals surface area contributed by atoms with E-state index in [1.54, 1.807) is 11.3 Å². The van der Waals surface area contributed by atoms with Crippen LogP contribution in [0.2, 0.25) is 0 Å². The number of carbonyl (C=O) groups is 1. The average molecular weight is 379 g/mol. The molecule has 2 amide bonds. The molecule has 1 aromatic carbocycles. The van der Waals surface area contributed by atoms with Gasteiger partial charge in [-0.2, -0.15) is 0 Å². The van der Waals surface area contributed by atoms with Crippen LogP contribution in [0.5, 0.6) is 0 Å². The highest BCUT2D eigenvalue weighted by atomic mass is 32.1. The van der Waals surface area contributed by atoms with Crippen LogP contribution in [0.1, 0.15) is 5.56 Å². The van der Waals surface area contributed by atoms with Gasteiger partial charge in [0.15, 0.2) is 5.82 Å². The Morgan fingerprint density at radius 3 is 2.44 bits per heavy atom. The molecule has 4 rings (SSSR count). The van der Waals surface area contributed by atoms with Gasteiger partial charge in [0.25, 0.3) is 0 Å².